The third-order valence-corrected chi connectivity index (χ3v) is 3.79. The first-order valence-electron chi connectivity index (χ1n) is 6.86. The average Bonchev–Trinajstić information content (AvgIpc) is 2.74. The lowest BCUT2D eigenvalue weighted by molar-refractivity contribution is 0.886. The molecule has 0 aliphatic rings. The first-order valence-corrected chi connectivity index (χ1v) is 6.86. The second-order valence-corrected chi connectivity index (χ2v) is 5.17. The van der Waals surface area contributed by atoms with Crippen LogP contribution in [0.5, 0.6) is 0 Å². The van der Waals surface area contributed by atoms with E-state index in [9.17, 15) is 0 Å². The molecule has 3 nitrogen and oxygen atoms in total. The van der Waals surface area contributed by atoms with Crippen LogP contribution in [0.15, 0.2) is 42.5 Å². The van der Waals surface area contributed by atoms with E-state index in [1.54, 1.807) is 0 Å². The Morgan fingerprint density at radius 3 is 2.70 bits per heavy atom. The van der Waals surface area contributed by atoms with Crippen LogP contribution in [-0.2, 0) is 13.5 Å². The van der Waals surface area contributed by atoms with E-state index >= 15 is 0 Å². The molecule has 3 heteroatoms. The Morgan fingerprint density at radius 2 is 1.90 bits per heavy atom. The van der Waals surface area contributed by atoms with Crippen molar-refractivity contribution >= 4 is 16.7 Å². The van der Waals surface area contributed by atoms with Gasteiger partial charge in [-0.05, 0) is 48.7 Å². The molecule has 0 unspecified atom stereocenters. The van der Waals surface area contributed by atoms with Gasteiger partial charge in [0, 0.05) is 19.8 Å². The Morgan fingerprint density at radius 1 is 1.10 bits per heavy atom. The summed E-state index contributed by atoms with van der Waals surface area (Å²) in [5, 5.41) is 3.18. The van der Waals surface area contributed by atoms with Crippen LogP contribution in [0.2, 0.25) is 0 Å². The molecule has 0 spiro atoms. The molecule has 0 saturated carbocycles. The van der Waals surface area contributed by atoms with Crippen LogP contribution >= 0.6 is 0 Å². The topological polar surface area (TPSA) is 29.9 Å². The molecule has 0 fully saturated rings. The summed E-state index contributed by atoms with van der Waals surface area (Å²) in [4.78, 5) is 4.60. The van der Waals surface area contributed by atoms with Crippen molar-refractivity contribution in [2.45, 2.75) is 13.3 Å². The molecule has 0 saturated heterocycles. The third-order valence-electron chi connectivity index (χ3n) is 3.79. The van der Waals surface area contributed by atoms with Crippen molar-refractivity contribution in [3.63, 3.8) is 0 Å². The van der Waals surface area contributed by atoms with Gasteiger partial charge in [0.05, 0.1) is 11.0 Å². The lowest BCUT2D eigenvalue weighted by Crippen LogP contribution is -1.92. The maximum absolute atomic E-state index is 4.60. The Hall–Kier alpha value is -2.29. The van der Waals surface area contributed by atoms with Crippen molar-refractivity contribution in [1.82, 2.24) is 9.55 Å². The molecule has 0 amide bonds. The summed E-state index contributed by atoms with van der Waals surface area (Å²) in [7, 11) is 4.00. The molecule has 2 aromatic carbocycles. The molecule has 1 aromatic heterocycles. The Labute approximate surface area is 119 Å². The van der Waals surface area contributed by atoms with E-state index in [1.165, 1.54) is 16.6 Å². The highest BCUT2D eigenvalue weighted by Gasteiger charge is 2.05. The van der Waals surface area contributed by atoms with Crippen LogP contribution < -0.4 is 5.32 Å². The zero-order valence-corrected chi connectivity index (χ0v) is 12.1. The summed E-state index contributed by atoms with van der Waals surface area (Å²) in [6.45, 7) is 2.04. The first kappa shape index (κ1) is 12.7. The largest absolute Gasteiger partial charge is 0.388 e. The molecule has 102 valence electrons. The van der Waals surface area contributed by atoms with Crippen LogP contribution in [-0.4, -0.2) is 16.6 Å². The third kappa shape index (κ3) is 2.27. The molecule has 3 rings (SSSR count). The minimum atomic E-state index is 0.932. The van der Waals surface area contributed by atoms with Crippen LogP contribution in [0.1, 0.15) is 17.0 Å². The maximum Gasteiger partial charge on any atom is 0.106 e. The monoisotopic (exact) mass is 265 g/mol. The summed E-state index contributed by atoms with van der Waals surface area (Å²) >= 11 is 0. The standard InChI is InChI=1S/C17H19N3/c1-12-19-16-11-14(7-8-17(16)20(12)3)9-13-5-4-6-15(10-13)18-2/h4-8,10-11,18H,9H2,1-3H3. The minimum absolute atomic E-state index is 0.932. The molecule has 0 aliphatic heterocycles. The molecular weight excluding hydrogens is 246 g/mol. The van der Waals surface area contributed by atoms with Crippen LogP contribution in [0.3, 0.4) is 0 Å². The fourth-order valence-corrected chi connectivity index (χ4v) is 2.55. The van der Waals surface area contributed by atoms with E-state index in [-0.39, 0.29) is 0 Å². The molecule has 1 heterocycles. The summed E-state index contributed by atoms with van der Waals surface area (Å²) in [6, 6.07) is 15.1. The van der Waals surface area contributed by atoms with E-state index in [0.717, 1.165) is 23.4 Å². The Bertz CT molecular complexity index is 756. The molecule has 0 atom stereocenters. The van der Waals surface area contributed by atoms with E-state index in [0.29, 0.717) is 0 Å². The number of benzene rings is 2. The van der Waals surface area contributed by atoms with Gasteiger partial charge in [-0.25, -0.2) is 4.98 Å². The van der Waals surface area contributed by atoms with Crippen molar-refractivity contribution in [2.24, 2.45) is 7.05 Å². The molecule has 0 radical (unpaired) electrons. The number of nitrogens with zero attached hydrogens (tertiary/aromatic N) is 2. The molecule has 0 aliphatic carbocycles. The predicted octanol–water partition coefficient (Wildman–Crippen LogP) is 3.51. The number of hydrogen-bond acceptors (Lipinski definition) is 2. The first-order chi connectivity index (χ1) is 9.67. The lowest BCUT2D eigenvalue weighted by atomic mass is 10.0. The fraction of sp³-hybridized carbons (Fsp3) is 0.235. The highest BCUT2D eigenvalue weighted by Crippen LogP contribution is 2.19. The molecule has 0 bridgehead atoms. The van der Waals surface area contributed by atoms with Crippen molar-refractivity contribution in [3.8, 4) is 0 Å². The number of imidazole rings is 1. The van der Waals surface area contributed by atoms with E-state index in [2.05, 4.69) is 64.4 Å². The van der Waals surface area contributed by atoms with Crippen LogP contribution in [0.4, 0.5) is 5.69 Å². The average molecular weight is 265 g/mol. The van der Waals surface area contributed by atoms with E-state index < -0.39 is 0 Å². The number of nitrogens with one attached hydrogen (secondary N) is 1. The number of aromatic nitrogens is 2. The van der Waals surface area contributed by atoms with Crippen molar-refractivity contribution in [3.05, 3.63) is 59.4 Å². The molecule has 1 N–H and O–H groups in total. The predicted molar refractivity (Wildman–Crippen MR) is 84.2 cm³/mol. The minimum Gasteiger partial charge on any atom is -0.388 e. The fourth-order valence-electron chi connectivity index (χ4n) is 2.55. The van der Waals surface area contributed by atoms with Gasteiger partial charge in [0.2, 0.25) is 0 Å². The van der Waals surface area contributed by atoms with Gasteiger partial charge in [-0.1, -0.05) is 18.2 Å². The van der Waals surface area contributed by atoms with Crippen molar-refractivity contribution in [1.29, 1.82) is 0 Å². The summed E-state index contributed by atoms with van der Waals surface area (Å²) in [5.41, 5.74) is 6.02. The molecular formula is C17H19N3. The van der Waals surface area contributed by atoms with Crippen molar-refractivity contribution < 1.29 is 0 Å². The van der Waals surface area contributed by atoms with Crippen molar-refractivity contribution in [2.75, 3.05) is 12.4 Å². The van der Waals surface area contributed by atoms with Gasteiger partial charge < -0.3 is 9.88 Å². The second-order valence-electron chi connectivity index (χ2n) is 5.17. The second kappa shape index (κ2) is 5.00. The van der Waals surface area contributed by atoms with Gasteiger partial charge in [0.1, 0.15) is 5.82 Å². The quantitative estimate of drug-likeness (QED) is 0.785. The zero-order chi connectivity index (χ0) is 14.1. The highest BCUT2D eigenvalue weighted by atomic mass is 15.0. The maximum atomic E-state index is 4.60. The summed E-state index contributed by atoms with van der Waals surface area (Å²) in [5.74, 6) is 1.05. The Balaban J connectivity index is 1.94. The highest BCUT2D eigenvalue weighted by molar-refractivity contribution is 5.76. The van der Waals surface area contributed by atoms with Gasteiger partial charge in [-0.15, -0.1) is 0 Å². The zero-order valence-electron chi connectivity index (χ0n) is 12.1. The number of hydrogen-bond donors (Lipinski definition) is 1. The number of rotatable bonds is 3. The normalized spacial score (nSPS) is 10.9. The van der Waals surface area contributed by atoms with Gasteiger partial charge in [0.25, 0.3) is 0 Å². The summed E-state index contributed by atoms with van der Waals surface area (Å²) in [6.07, 6.45) is 0.932. The van der Waals surface area contributed by atoms with Gasteiger partial charge in [-0.3, -0.25) is 0 Å². The van der Waals surface area contributed by atoms with Gasteiger partial charge in [0.15, 0.2) is 0 Å². The number of aryl methyl sites for hydroxylation is 2. The summed E-state index contributed by atoms with van der Waals surface area (Å²) < 4.78 is 2.13. The lowest BCUT2D eigenvalue weighted by Gasteiger charge is -2.05. The van der Waals surface area contributed by atoms with E-state index in [1.807, 2.05) is 14.0 Å². The van der Waals surface area contributed by atoms with Crippen LogP contribution in [0.25, 0.3) is 11.0 Å². The number of fused-ring (bicyclic) bond motifs is 1. The SMILES string of the molecule is CNc1cccc(Cc2ccc3c(c2)nc(C)n3C)c1. The van der Waals surface area contributed by atoms with Gasteiger partial charge >= 0.3 is 0 Å². The van der Waals surface area contributed by atoms with Gasteiger partial charge in [-0.2, -0.15) is 0 Å². The Kier molecular flexibility index (Phi) is 3.18. The van der Waals surface area contributed by atoms with E-state index in [4.69, 9.17) is 0 Å². The van der Waals surface area contributed by atoms with Crippen LogP contribution in [0, 0.1) is 6.92 Å². The smallest absolute Gasteiger partial charge is 0.106 e. The number of anilines is 1. The molecule has 3 aromatic rings. The molecule has 20 heavy (non-hydrogen) atoms.